The molecular formula is C15H20N6O. The molecule has 116 valence electrons. The second kappa shape index (κ2) is 5.82. The van der Waals surface area contributed by atoms with Crippen LogP contribution >= 0.6 is 0 Å². The minimum Gasteiger partial charge on any atom is -0.346 e. The highest BCUT2D eigenvalue weighted by Gasteiger charge is 2.25. The largest absolute Gasteiger partial charge is 0.346 e. The Morgan fingerprint density at radius 3 is 2.82 bits per heavy atom. The van der Waals surface area contributed by atoms with Crippen LogP contribution in [0.4, 0.5) is 0 Å². The fourth-order valence-electron chi connectivity index (χ4n) is 2.66. The van der Waals surface area contributed by atoms with Crippen LogP contribution in [0.1, 0.15) is 54.0 Å². The van der Waals surface area contributed by atoms with Crippen LogP contribution in [0.3, 0.4) is 0 Å². The predicted octanol–water partition coefficient (Wildman–Crippen LogP) is 1.24. The highest BCUT2D eigenvalue weighted by Crippen LogP contribution is 2.20. The van der Waals surface area contributed by atoms with E-state index in [1.165, 1.54) is 6.20 Å². The van der Waals surface area contributed by atoms with Crippen LogP contribution in [-0.2, 0) is 13.0 Å². The molecule has 2 aromatic rings. The fourth-order valence-corrected chi connectivity index (χ4v) is 2.66. The van der Waals surface area contributed by atoms with E-state index in [0.29, 0.717) is 18.2 Å². The van der Waals surface area contributed by atoms with Crippen molar-refractivity contribution in [2.24, 2.45) is 0 Å². The van der Waals surface area contributed by atoms with Gasteiger partial charge in [-0.2, -0.15) is 0 Å². The lowest BCUT2D eigenvalue weighted by atomic mass is 10.1. The average Bonchev–Trinajstić information content (AvgIpc) is 2.91. The summed E-state index contributed by atoms with van der Waals surface area (Å²) < 4.78 is 2.12. The number of fused-ring (bicyclic) bond motifs is 1. The minimum atomic E-state index is -0.180. The summed E-state index contributed by atoms with van der Waals surface area (Å²) in [6.45, 7) is 6.75. The summed E-state index contributed by atoms with van der Waals surface area (Å²) in [6.07, 6.45) is 4.80. The van der Waals surface area contributed by atoms with Gasteiger partial charge in [-0.15, -0.1) is 10.2 Å². The van der Waals surface area contributed by atoms with E-state index in [9.17, 15) is 4.79 Å². The van der Waals surface area contributed by atoms with Crippen molar-refractivity contribution in [1.82, 2.24) is 30.0 Å². The summed E-state index contributed by atoms with van der Waals surface area (Å²) in [5, 5.41) is 11.5. The molecule has 0 saturated carbocycles. The van der Waals surface area contributed by atoms with E-state index in [1.54, 1.807) is 6.20 Å². The summed E-state index contributed by atoms with van der Waals surface area (Å²) in [4.78, 5) is 20.5. The predicted molar refractivity (Wildman–Crippen MR) is 80.5 cm³/mol. The Morgan fingerprint density at radius 1 is 1.32 bits per heavy atom. The molecule has 0 unspecified atom stereocenters. The van der Waals surface area contributed by atoms with Crippen molar-refractivity contribution in [3.8, 4) is 0 Å². The second-order valence-corrected chi connectivity index (χ2v) is 5.99. The number of carbonyl (C=O) groups excluding carboxylic acids is 1. The molecule has 3 heterocycles. The summed E-state index contributed by atoms with van der Waals surface area (Å²) in [5.41, 5.74) is 1.15. The first-order valence-corrected chi connectivity index (χ1v) is 7.56. The van der Waals surface area contributed by atoms with Crippen molar-refractivity contribution in [3.05, 3.63) is 35.4 Å². The maximum Gasteiger partial charge on any atom is 0.271 e. The Labute approximate surface area is 129 Å². The number of aryl methyl sites for hydroxylation is 2. The summed E-state index contributed by atoms with van der Waals surface area (Å²) in [6, 6.07) is 0.0663. The number of nitrogens with zero attached hydrogens (tertiary/aromatic N) is 5. The van der Waals surface area contributed by atoms with E-state index in [2.05, 4.69) is 43.9 Å². The van der Waals surface area contributed by atoms with Gasteiger partial charge in [-0.25, -0.2) is 4.98 Å². The Hall–Kier alpha value is -2.31. The van der Waals surface area contributed by atoms with Crippen LogP contribution in [0, 0.1) is 6.92 Å². The second-order valence-electron chi connectivity index (χ2n) is 5.99. The summed E-state index contributed by atoms with van der Waals surface area (Å²) >= 11 is 0. The molecule has 7 heteroatoms. The molecule has 22 heavy (non-hydrogen) atoms. The zero-order chi connectivity index (χ0) is 15.7. The summed E-state index contributed by atoms with van der Waals surface area (Å²) in [7, 11) is 0. The molecule has 1 amide bonds. The number of hydrogen-bond acceptors (Lipinski definition) is 5. The van der Waals surface area contributed by atoms with Gasteiger partial charge in [-0.1, -0.05) is 13.8 Å². The number of amides is 1. The van der Waals surface area contributed by atoms with E-state index < -0.39 is 0 Å². The molecule has 0 saturated heterocycles. The SMILES string of the molecule is Cc1cnc(C(=O)N[C@@H]2CCc3nnc(C(C)C)n3C2)cn1. The highest BCUT2D eigenvalue weighted by molar-refractivity contribution is 5.92. The maximum absolute atomic E-state index is 12.2. The first kappa shape index (κ1) is 14.6. The van der Waals surface area contributed by atoms with Crippen LogP contribution in [0.5, 0.6) is 0 Å². The van der Waals surface area contributed by atoms with Gasteiger partial charge >= 0.3 is 0 Å². The highest BCUT2D eigenvalue weighted by atomic mass is 16.1. The van der Waals surface area contributed by atoms with Crippen molar-refractivity contribution in [1.29, 1.82) is 0 Å². The molecule has 0 bridgehead atoms. The Bertz CT molecular complexity index is 676. The van der Waals surface area contributed by atoms with E-state index in [0.717, 1.165) is 30.2 Å². The van der Waals surface area contributed by atoms with Gasteiger partial charge in [0.15, 0.2) is 0 Å². The molecule has 1 aliphatic rings. The zero-order valence-electron chi connectivity index (χ0n) is 13.1. The Morgan fingerprint density at radius 2 is 2.14 bits per heavy atom. The molecule has 0 fully saturated rings. The van der Waals surface area contributed by atoms with Gasteiger partial charge in [-0.05, 0) is 13.3 Å². The standard InChI is InChI=1S/C15H20N6O/c1-9(2)14-20-19-13-5-4-11(8-21(13)14)18-15(22)12-7-16-10(3)6-17-12/h6-7,9,11H,4-5,8H2,1-3H3,(H,18,22)/t11-/m1/s1. The van der Waals surface area contributed by atoms with Gasteiger partial charge in [0.05, 0.1) is 11.9 Å². The van der Waals surface area contributed by atoms with Gasteiger partial charge < -0.3 is 9.88 Å². The van der Waals surface area contributed by atoms with E-state index in [-0.39, 0.29) is 11.9 Å². The van der Waals surface area contributed by atoms with Gasteiger partial charge in [-0.3, -0.25) is 9.78 Å². The smallest absolute Gasteiger partial charge is 0.271 e. The quantitative estimate of drug-likeness (QED) is 0.922. The number of carbonyl (C=O) groups is 1. The van der Waals surface area contributed by atoms with Crippen LogP contribution in [0.2, 0.25) is 0 Å². The first-order valence-electron chi connectivity index (χ1n) is 7.56. The number of aromatic nitrogens is 5. The molecule has 3 rings (SSSR count). The number of nitrogens with one attached hydrogen (secondary N) is 1. The van der Waals surface area contributed by atoms with Crippen molar-refractivity contribution < 1.29 is 4.79 Å². The molecule has 0 radical (unpaired) electrons. The van der Waals surface area contributed by atoms with Crippen LogP contribution in [-0.4, -0.2) is 36.7 Å². The average molecular weight is 300 g/mol. The normalized spacial score (nSPS) is 17.4. The van der Waals surface area contributed by atoms with Crippen molar-refractivity contribution in [3.63, 3.8) is 0 Å². The van der Waals surface area contributed by atoms with Gasteiger partial charge in [0.25, 0.3) is 5.91 Å². The van der Waals surface area contributed by atoms with Crippen LogP contribution < -0.4 is 5.32 Å². The van der Waals surface area contributed by atoms with Crippen LogP contribution in [0.25, 0.3) is 0 Å². The Balaban J connectivity index is 1.71. The molecule has 0 spiro atoms. The molecular weight excluding hydrogens is 280 g/mol. The molecule has 1 N–H and O–H groups in total. The third-order valence-corrected chi connectivity index (χ3v) is 3.84. The zero-order valence-corrected chi connectivity index (χ0v) is 13.1. The molecule has 0 aliphatic carbocycles. The van der Waals surface area contributed by atoms with Gasteiger partial charge in [0.2, 0.25) is 0 Å². The molecule has 0 aromatic carbocycles. The van der Waals surface area contributed by atoms with Crippen molar-refractivity contribution in [2.75, 3.05) is 0 Å². The van der Waals surface area contributed by atoms with Gasteiger partial charge in [0, 0.05) is 31.1 Å². The third-order valence-electron chi connectivity index (χ3n) is 3.84. The van der Waals surface area contributed by atoms with Crippen molar-refractivity contribution in [2.45, 2.75) is 52.1 Å². The minimum absolute atomic E-state index is 0.0663. The lowest BCUT2D eigenvalue weighted by molar-refractivity contribution is 0.0921. The van der Waals surface area contributed by atoms with E-state index in [1.807, 2.05) is 6.92 Å². The first-order chi connectivity index (χ1) is 10.5. The van der Waals surface area contributed by atoms with Crippen molar-refractivity contribution >= 4 is 5.91 Å². The topological polar surface area (TPSA) is 85.6 Å². The lowest BCUT2D eigenvalue weighted by Gasteiger charge is -2.25. The van der Waals surface area contributed by atoms with E-state index in [4.69, 9.17) is 0 Å². The number of rotatable bonds is 3. The molecule has 7 nitrogen and oxygen atoms in total. The fraction of sp³-hybridized carbons (Fsp3) is 0.533. The molecule has 2 aromatic heterocycles. The lowest BCUT2D eigenvalue weighted by Crippen LogP contribution is -2.41. The molecule has 1 atom stereocenters. The Kier molecular flexibility index (Phi) is 3.87. The summed E-state index contributed by atoms with van der Waals surface area (Å²) in [5.74, 6) is 2.12. The monoisotopic (exact) mass is 300 g/mol. The third kappa shape index (κ3) is 2.84. The van der Waals surface area contributed by atoms with Gasteiger partial charge in [0.1, 0.15) is 17.3 Å². The molecule has 1 aliphatic heterocycles. The van der Waals surface area contributed by atoms with E-state index >= 15 is 0 Å². The number of hydrogen-bond donors (Lipinski definition) is 1. The maximum atomic E-state index is 12.2. The van der Waals surface area contributed by atoms with Crippen LogP contribution in [0.15, 0.2) is 12.4 Å².